The van der Waals surface area contributed by atoms with Crippen LogP contribution in [0.15, 0.2) is 95.7 Å². The lowest BCUT2D eigenvalue weighted by molar-refractivity contribution is -0.384. The van der Waals surface area contributed by atoms with Crippen molar-refractivity contribution in [3.63, 3.8) is 0 Å². The highest BCUT2D eigenvalue weighted by Gasteiger charge is 2.30. The average molecular weight is 870 g/mol. The Hall–Kier alpha value is -5.52. The van der Waals surface area contributed by atoms with Crippen LogP contribution >= 0.6 is 11.6 Å². The maximum Gasteiger partial charge on any atom is 0.293 e. The van der Waals surface area contributed by atoms with Gasteiger partial charge in [-0.05, 0) is 91.8 Å². The number of nitro benzene ring substituents is 1. The quantitative estimate of drug-likeness (QED) is 0.0778. The lowest BCUT2D eigenvalue weighted by Gasteiger charge is -2.42. The Morgan fingerprint density at radius 3 is 2.67 bits per heavy atom. The fourth-order valence-electron chi connectivity index (χ4n) is 8.20. The minimum absolute atomic E-state index is 0.0520. The van der Waals surface area contributed by atoms with Gasteiger partial charge in [-0.25, -0.2) is 18.1 Å². The van der Waals surface area contributed by atoms with Crippen molar-refractivity contribution in [3.05, 3.63) is 117 Å². The van der Waals surface area contributed by atoms with E-state index >= 15 is 0 Å². The maximum absolute atomic E-state index is 13.9. The van der Waals surface area contributed by atoms with Gasteiger partial charge in [-0.2, -0.15) is 0 Å². The molecule has 2 aliphatic heterocycles. The molecule has 320 valence electrons. The van der Waals surface area contributed by atoms with Crippen LogP contribution in [-0.4, -0.2) is 98.8 Å². The third-order valence-corrected chi connectivity index (χ3v) is 13.1. The molecule has 1 aliphatic carbocycles. The smallest absolute Gasteiger partial charge is 0.293 e. The monoisotopic (exact) mass is 869 g/mol. The highest BCUT2D eigenvalue weighted by Crippen LogP contribution is 2.38. The molecule has 8 rings (SSSR count). The topological polar surface area (TPSA) is 181 Å². The number of allylic oxidation sites excluding steroid dienone is 1. The first-order valence-corrected chi connectivity index (χ1v) is 22.3. The number of nitro groups is 1. The Balaban J connectivity index is 1.02. The van der Waals surface area contributed by atoms with Gasteiger partial charge < -0.3 is 29.4 Å². The van der Waals surface area contributed by atoms with Gasteiger partial charge in [0.15, 0.2) is 0 Å². The summed E-state index contributed by atoms with van der Waals surface area (Å²) in [6, 6.07) is 20.4. The van der Waals surface area contributed by atoms with E-state index < -0.39 is 31.4 Å². The normalized spacial score (nSPS) is 20.1. The highest BCUT2D eigenvalue weighted by molar-refractivity contribution is 7.90. The molecule has 0 unspecified atom stereocenters. The van der Waals surface area contributed by atoms with Gasteiger partial charge in [0.2, 0.25) is 0 Å². The summed E-state index contributed by atoms with van der Waals surface area (Å²) in [5.41, 5.74) is 5.14. The molecule has 3 aromatic carbocycles. The summed E-state index contributed by atoms with van der Waals surface area (Å²) in [5, 5.41) is 16.5. The van der Waals surface area contributed by atoms with Gasteiger partial charge in [-0.3, -0.25) is 19.8 Å². The fourth-order valence-corrected chi connectivity index (χ4v) is 9.31. The first-order chi connectivity index (χ1) is 29.4. The second-order valence-corrected chi connectivity index (χ2v) is 18.0. The highest BCUT2D eigenvalue weighted by atomic mass is 35.5. The molecule has 2 aromatic heterocycles. The molecule has 15 nitrogen and oxygen atoms in total. The van der Waals surface area contributed by atoms with Gasteiger partial charge in [0, 0.05) is 73.2 Å². The van der Waals surface area contributed by atoms with Crippen molar-refractivity contribution in [2.75, 3.05) is 62.8 Å². The number of pyridine rings is 1. The van der Waals surface area contributed by atoms with Crippen LogP contribution in [0.2, 0.25) is 5.02 Å². The number of carbonyl (C=O) groups excluding carboxylic acids is 1. The van der Waals surface area contributed by atoms with E-state index in [1.807, 2.05) is 18.2 Å². The second-order valence-electron chi connectivity index (χ2n) is 15.9. The number of piperazine rings is 1. The van der Waals surface area contributed by atoms with E-state index in [4.69, 9.17) is 25.8 Å². The number of nitrogens with one attached hydrogen (secondary N) is 3. The Bertz CT molecular complexity index is 2560. The number of ether oxygens (including phenoxy) is 3. The Labute approximate surface area is 359 Å². The van der Waals surface area contributed by atoms with Crippen LogP contribution in [0.1, 0.15) is 49.0 Å². The third kappa shape index (κ3) is 9.84. The molecule has 0 bridgehead atoms. The van der Waals surface area contributed by atoms with E-state index in [2.05, 4.69) is 55.8 Å². The van der Waals surface area contributed by atoms with Gasteiger partial charge in [-0.15, -0.1) is 0 Å². The molecule has 2 saturated heterocycles. The van der Waals surface area contributed by atoms with Gasteiger partial charge >= 0.3 is 0 Å². The number of anilines is 2. The van der Waals surface area contributed by atoms with Crippen molar-refractivity contribution in [2.45, 2.75) is 50.2 Å². The van der Waals surface area contributed by atoms with Crippen molar-refractivity contribution < 1.29 is 32.3 Å². The number of hydrogen-bond acceptors (Lipinski definition) is 12. The molecule has 4 heterocycles. The number of rotatable bonds is 13. The van der Waals surface area contributed by atoms with E-state index in [9.17, 15) is 23.3 Å². The summed E-state index contributed by atoms with van der Waals surface area (Å²) < 4.78 is 46.7. The van der Waals surface area contributed by atoms with Crippen LogP contribution in [0.4, 0.5) is 17.1 Å². The van der Waals surface area contributed by atoms with Crippen LogP contribution in [0.25, 0.3) is 16.6 Å². The van der Waals surface area contributed by atoms with E-state index in [1.165, 1.54) is 41.1 Å². The molecule has 0 saturated carbocycles. The van der Waals surface area contributed by atoms with Crippen LogP contribution in [0.5, 0.6) is 11.5 Å². The van der Waals surface area contributed by atoms with Crippen LogP contribution in [0.3, 0.4) is 0 Å². The van der Waals surface area contributed by atoms with Crippen LogP contribution in [0, 0.1) is 16.0 Å². The summed E-state index contributed by atoms with van der Waals surface area (Å²) in [7, 11) is -4.58. The van der Waals surface area contributed by atoms with E-state index in [-0.39, 0.29) is 35.7 Å². The number of benzene rings is 3. The first kappa shape index (κ1) is 42.2. The maximum atomic E-state index is 13.9. The molecule has 17 heteroatoms. The third-order valence-electron chi connectivity index (χ3n) is 11.6. The van der Waals surface area contributed by atoms with Crippen molar-refractivity contribution in [1.29, 1.82) is 0 Å². The molecule has 0 radical (unpaired) electrons. The Morgan fingerprint density at radius 1 is 1.07 bits per heavy atom. The Kier molecular flexibility index (Phi) is 12.6. The minimum atomic E-state index is -4.58. The van der Waals surface area contributed by atoms with E-state index in [0.29, 0.717) is 50.2 Å². The first-order valence-electron chi connectivity index (χ1n) is 20.4. The summed E-state index contributed by atoms with van der Waals surface area (Å²) in [6.45, 7) is 9.05. The number of nitrogens with zero attached hydrogens (tertiary/aromatic N) is 4. The largest absolute Gasteiger partial charge is 0.455 e. The average Bonchev–Trinajstić information content (AvgIpc) is 3.73. The number of fused-ring (bicyclic) bond motifs is 1. The number of halogens is 1. The second kappa shape index (κ2) is 18.2. The van der Waals surface area contributed by atoms with Crippen LogP contribution in [-0.2, 0) is 19.5 Å². The van der Waals surface area contributed by atoms with Crippen molar-refractivity contribution >= 4 is 61.2 Å². The number of amides is 1. The van der Waals surface area contributed by atoms with E-state index in [1.54, 1.807) is 24.4 Å². The SMILES string of the molecule is C[C@@H]1CCC(CN2CCN(c3ccc(C(=O)NS(=O)(=O)c4ccc(NC[C@H]5COCCO5)c([N+](=O)[O-])c4)c(Oc4cnc5[nH]ccc5c4)c3)C[C@H]2C)=C(c2ccc(Cl)cc2)C1. The Morgan fingerprint density at radius 2 is 1.90 bits per heavy atom. The fraction of sp³-hybridized carbons (Fsp3) is 0.364. The lowest BCUT2D eigenvalue weighted by Crippen LogP contribution is -2.52. The molecule has 2 fully saturated rings. The zero-order valence-corrected chi connectivity index (χ0v) is 35.5. The zero-order valence-electron chi connectivity index (χ0n) is 33.9. The van der Waals surface area contributed by atoms with Crippen LogP contribution < -0.4 is 19.7 Å². The van der Waals surface area contributed by atoms with Crippen molar-refractivity contribution in [3.8, 4) is 11.5 Å². The van der Waals surface area contributed by atoms with Gasteiger partial charge in [-0.1, -0.05) is 36.2 Å². The number of aromatic nitrogens is 2. The number of carbonyl (C=O) groups is 1. The number of H-pyrrole nitrogens is 1. The molecule has 3 N–H and O–H groups in total. The summed E-state index contributed by atoms with van der Waals surface area (Å²) in [4.78, 5) is 37.0. The van der Waals surface area contributed by atoms with Crippen molar-refractivity contribution in [2.24, 2.45) is 5.92 Å². The molecule has 5 aromatic rings. The number of aromatic amines is 1. The summed E-state index contributed by atoms with van der Waals surface area (Å²) >= 11 is 6.23. The predicted octanol–water partition coefficient (Wildman–Crippen LogP) is 7.65. The predicted molar refractivity (Wildman–Crippen MR) is 234 cm³/mol. The lowest BCUT2D eigenvalue weighted by atomic mass is 9.81. The molecule has 1 amide bonds. The molecule has 3 atom stereocenters. The number of sulfonamides is 1. The summed E-state index contributed by atoms with van der Waals surface area (Å²) in [6.07, 6.45) is 6.21. The zero-order chi connectivity index (χ0) is 42.7. The van der Waals surface area contributed by atoms with Crippen molar-refractivity contribution in [1.82, 2.24) is 19.6 Å². The van der Waals surface area contributed by atoms with Gasteiger partial charge in [0.05, 0.1) is 47.5 Å². The number of hydrogen-bond donors (Lipinski definition) is 3. The molecule has 0 spiro atoms. The van der Waals surface area contributed by atoms with E-state index in [0.717, 1.165) is 54.5 Å². The molecular formula is C44H48ClN7O8S. The standard InChI is InChI=1S/C44H48ClN7O8S/c1-28-3-4-32(39(19-28)30-5-7-33(45)8-6-30)26-50-15-16-51(25-29(50)2)34-9-11-38(42(21-34)60-35-20-31-13-14-46-43(31)48-23-35)44(53)49-61(56,57)37-10-12-40(41(22-37)52(54)55)47-24-36-27-58-17-18-59-36/h5-14,20-23,28-29,36,47H,3-4,15-19,24-27H2,1-2H3,(H,46,48)(H,49,53)/t28-,29-,36+/m1/s1. The van der Waals surface area contributed by atoms with Gasteiger partial charge in [0.25, 0.3) is 21.6 Å². The molecule has 61 heavy (non-hydrogen) atoms. The molecule has 3 aliphatic rings. The van der Waals surface area contributed by atoms with Gasteiger partial charge in [0.1, 0.15) is 22.8 Å². The molecular weight excluding hydrogens is 822 g/mol. The summed E-state index contributed by atoms with van der Waals surface area (Å²) in [5.74, 6) is 0.103. The minimum Gasteiger partial charge on any atom is -0.455 e.